The predicted molar refractivity (Wildman–Crippen MR) is 84.8 cm³/mol. The van der Waals surface area contributed by atoms with Crippen LogP contribution in [0.25, 0.3) is 0 Å². The molecule has 0 spiro atoms. The average molecular weight is 285 g/mol. The lowest BCUT2D eigenvalue weighted by molar-refractivity contribution is 0.269. The van der Waals surface area contributed by atoms with E-state index in [2.05, 4.69) is 29.0 Å². The summed E-state index contributed by atoms with van der Waals surface area (Å²) < 4.78 is 13.7. The maximum atomic E-state index is 13.7. The zero-order valence-corrected chi connectivity index (χ0v) is 12.2. The molecule has 110 valence electrons. The number of nitrogen functional groups attached to an aromatic ring is 1. The minimum atomic E-state index is -0.282. The Labute approximate surface area is 124 Å². The second kappa shape index (κ2) is 5.74. The summed E-state index contributed by atoms with van der Waals surface area (Å²) in [7, 11) is 2.12. The number of anilines is 2. The molecule has 1 heterocycles. The van der Waals surface area contributed by atoms with Gasteiger partial charge < -0.3 is 15.5 Å². The van der Waals surface area contributed by atoms with Crippen LogP contribution in [-0.4, -0.2) is 31.6 Å². The van der Waals surface area contributed by atoms with E-state index in [-0.39, 0.29) is 11.9 Å². The fourth-order valence-electron chi connectivity index (χ4n) is 2.95. The minimum Gasteiger partial charge on any atom is -0.399 e. The number of likely N-dealkylation sites (N-methyl/N-ethyl adjacent to an activating group) is 1. The first-order chi connectivity index (χ1) is 10.1. The van der Waals surface area contributed by atoms with Gasteiger partial charge >= 0.3 is 0 Å². The molecular formula is C17H20FN3. The van der Waals surface area contributed by atoms with Gasteiger partial charge in [-0.3, -0.25) is 0 Å². The third-order valence-electron chi connectivity index (χ3n) is 4.00. The van der Waals surface area contributed by atoms with E-state index in [0.717, 1.165) is 25.3 Å². The van der Waals surface area contributed by atoms with E-state index in [4.69, 9.17) is 5.73 Å². The summed E-state index contributed by atoms with van der Waals surface area (Å²) in [6, 6.07) is 15.3. The maximum Gasteiger partial charge on any atom is 0.127 e. The molecule has 0 bridgehead atoms. The molecule has 2 N–H and O–H groups in total. The van der Waals surface area contributed by atoms with Gasteiger partial charge in [0.25, 0.3) is 0 Å². The van der Waals surface area contributed by atoms with Crippen molar-refractivity contribution in [2.24, 2.45) is 0 Å². The second-order valence-corrected chi connectivity index (χ2v) is 5.62. The summed E-state index contributed by atoms with van der Waals surface area (Å²) in [5, 5.41) is 0. The molecule has 0 radical (unpaired) electrons. The van der Waals surface area contributed by atoms with Crippen molar-refractivity contribution in [3.8, 4) is 0 Å². The Morgan fingerprint density at radius 3 is 2.57 bits per heavy atom. The highest BCUT2D eigenvalue weighted by molar-refractivity contribution is 5.58. The summed E-state index contributed by atoms with van der Waals surface area (Å²) >= 11 is 0. The third-order valence-corrected chi connectivity index (χ3v) is 4.00. The van der Waals surface area contributed by atoms with Crippen molar-refractivity contribution >= 4 is 11.4 Å². The fourth-order valence-corrected chi connectivity index (χ4v) is 2.95. The highest BCUT2D eigenvalue weighted by atomic mass is 19.1. The number of halogens is 1. The molecule has 0 saturated carbocycles. The molecule has 1 aliphatic heterocycles. The Hall–Kier alpha value is -2.07. The van der Waals surface area contributed by atoms with E-state index in [0.29, 0.717) is 5.69 Å². The maximum absolute atomic E-state index is 13.7. The lowest BCUT2D eigenvalue weighted by Crippen LogP contribution is -2.47. The second-order valence-electron chi connectivity index (χ2n) is 5.62. The molecule has 3 nitrogen and oxygen atoms in total. The molecule has 1 atom stereocenters. The zero-order valence-electron chi connectivity index (χ0n) is 12.2. The highest BCUT2D eigenvalue weighted by Gasteiger charge is 2.27. The minimum absolute atomic E-state index is 0.214. The van der Waals surface area contributed by atoms with Gasteiger partial charge in [-0.15, -0.1) is 0 Å². The summed E-state index contributed by atoms with van der Waals surface area (Å²) in [5.41, 5.74) is 8.37. The van der Waals surface area contributed by atoms with Crippen LogP contribution in [0.15, 0.2) is 48.5 Å². The van der Waals surface area contributed by atoms with Crippen LogP contribution >= 0.6 is 0 Å². The van der Waals surface area contributed by atoms with Crippen molar-refractivity contribution in [2.75, 3.05) is 37.3 Å². The van der Waals surface area contributed by atoms with Crippen LogP contribution in [0.5, 0.6) is 0 Å². The first kappa shape index (κ1) is 13.9. The molecule has 4 heteroatoms. The number of hydrogen-bond donors (Lipinski definition) is 1. The van der Waals surface area contributed by atoms with Gasteiger partial charge in [0.15, 0.2) is 0 Å². The predicted octanol–water partition coefficient (Wildman–Crippen LogP) is 2.90. The molecule has 1 fully saturated rings. The SMILES string of the molecule is CN1CCN(c2cc(N)cc(F)c2)C(c2ccccc2)C1. The van der Waals surface area contributed by atoms with Crippen LogP contribution in [0.3, 0.4) is 0 Å². The molecule has 21 heavy (non-hydrogen) atoms. The average Bonchev–Trinajstić information content (AvgIpc) is 2.47. The number of benzene rings is 2. The van der Waals surface area contributed by atoms with E-state index in [1.165, 1.54) is 11.6 Å². The molecule has 2 aromatic rings. The largest absolute Gasteiger partial charge is 0.399 e. The Kier molecular flexibility index (Phi) is 3.80. The van der Waals surface area contributed by atoms with Crippen LogP contribution < -0.4 is 10.6 Å². The molecular weight excluding hydrogens is 265 g/mol. The number of piperazine rings is 1. The Morgan fingerprint density at radius 2 is 1.86 bits per heavy atom. The molecule has 3 rings (SSSR count). The number of rotatable bonds is 2. The van der Waals surface area contributed by atoms with Gasteiger partial charge in [-0.25, -0.2) is 4.39 Å². The van der Waals surface area contributed by atoms with Gasteiger partial charge in [0.1, 0.15) is 5.82 Å². The zero-order chi connectivity index (χ0) is 14.8. The quantitative estimate of drug-likeness (QED) is 0.861. The van der Waals surface area contributed by atoms with Crippen LogP contribution in [0.4, 0.5) is 15.8 Å². The number of nitrogens with two attached hydrogens (primary N) is 1. The van der Waals surface area contributed by atoms with Crippen LogP contribution in [0.2, 0.25) is 0 Å². The van der Waals surface area contributed by atoms with Gasteiger partial charge in [-0.05, 0) is 30.8 Å². The first-order valence-electron chi connectivity index (χ1n) is 7.20. The van der Waals surface area contributed by atoms with Crippen LogP contribution in [0.1, 0.15) is 11.6 Å². The summed E-state index contributed by atoms with van der Waals surface area (Å²) in [4.78, 5) is 4.55. The highest BCUT2D eigenvalue weighted by Crippen LogP contribution is 2.31. The van der Waals surface area contributed by atoms with Crippen molar-refractivity contribution in [1.82, 2.24) is 4.90 Å². The molecule has 2 aromatic carbocycles. The molecule has 0 aliphatic carbocycles. The first-order valence-corrected chi connectivity index (χ1v) is 7.20. The van der Waals surface area contributed by atoms with Crippen LogP contribution in [-0.2, 0) is 0 Å². The van der Waals surface area contributed by atoms with E-state index >= 15 is 0 Å². The molecule has 1 saturated heterocycles. The summed E-state index contributed by atoms with van der Waals surface area (Å²) in [6.45, 7) is 2.74. The third kappa shape index (κ3) is 3.00. The lowest BCUT2D eigenvalue weighted by Gasteiger charge is -2.42. The lowest BCUT2D eigenvalue weighted by atomic mass is 10.0. The standard InChI is InChI=1S/C17H20FN3/c1-20-7-8-21(16-10-14(18)9-15(19)11-16)17(12-20)13-5-3-2-4-6-13/h2-6,9-11,17H,7-8,12,19H2,1H3. The Bertz CT molecular complexity index is 594. The topological polar surface area (TPSA) is 32.5 Å². The number of hydrogen-bond acceptors (Lipinski definition) is 3. The molecule has 1 aliphatic rings. The number of nitrogens with zero attached hydrogens (tertiary/aromatic N) is 2. The van der Waals surface area contributed by atoms with E-state index in [1.54, 1.807) is 6.07 Å². The fraction of sp³-hybridized carbons (Fsp3) is 0.294. The van der Waals surface area contributed by atoms with Gasteiger partial charge in [0, 0.05) is 31.0 Å². The van der Waals surface area contributed by atoms with Crippen molar-refractivity contribution in [3.63, 3.8) is 0 Å². The normalized spacial score (nSPS) is 19.7. The monoisotopic (exact) mass is 285 g/mol. The van der Waals surface area contributed by atoms with Gasteiger partial charge in [0.2, 0.25) is 0 Å². The molecule has 0 aromatic heterocycles. The van der Waals surface area contributed by atoms with Crippen LogP contribution in [0, 0.1) is 5.82 Å². The summed E-state index contributed by atoms with van der Waals surface area (Å²) in [5.74, 6) is -0.282. The smallest absolute Gasteiger partial charge is 0.127 e. The van der Waals surface area contributed by atoms with Gasteiger partial charge in [0.05, 0.1) is 6.04 Å². The van der Waals surface area contributed by atoms with E-state index < -0.39 is 0 Å². The Morgan fingerprint density at radius 1 is 1.10 bits per heavy atom. The molecule has 0 amide bonds. The van der Waals surface area contributed by atoms with Crippen molar-refractivity contribution in [1.29, 1.82) is 0 Å². The van der Waals surface area contributed by atoms with E-state index in [9.17, 15) is 4.39 Å². The van der Waals surface area contributed by atoms with Gasteiger partial charge in [-0.1, -0.05) is 30.3 Å². The van der Waals surface area contributed by atoms with Crippen molar-refractivity contribution in [3.05, 3.63) is 59.9 Å². The Balaban J connectivity index is 1.98. The van der Waals surface area contributed by atoms with Crippen molar-refractivity contribution < 1.29 is 4.39 Å². The summed E-state index contributed by atoms with van der Waals surface area (Å²) in [6.07, 6.45) is 0. The van der Waals surface area contributed by atoms with Gasteiger partial charge in [-0.2, -0.15) is 0 Å². The molecule has 1 unspecified atom stereocenters. The van der Waals surface area contributed by atoms with Crippen molar-refractivity contribution in [2.45, 2.75) is 6.04 Å². The van der Waals surface area contributed by atoms with E-state index in [1.807, 2.05) is 24.3 Å².